The Bertz CT molecular complexity index is 322. The van der Waals surface area contributed by atoms with Crippen LogP contribution >= 0.6 is 0 Å². The van der Waals surface area contributed by atoms with Gasteiger partial charge in [0.15, 0.2) is 11.5 Å². The lowest BCUT2D eigenvalue weighted by Gasteiger charge is -2.09. The Morgan fingerprint density at radius 2 is 1.93 bits per heavy atom. The highest BCUT2D eigenvalue weighted by Gasteiger charge is 2.08. The molecule has 15 heavy (non-hydrogen) atoms. The van der Waals surface area contributed by atoms with E-state index in [0.717, 1.165) is 0 Å². The normalized spacial score (nSPS) is 9.73. The summed E-state index contributed by atoms with van der Waals surface area (Å²) in [6.07, 6.45) is 0. The fourth-order valence-corrected chi connectivity index (χ4v) is 1.08. The van der Waals surface area contributed by atoms with Gasteiger partial charge >= 0.3 is 5.97 Å². The first kappa shape index (κ1) is 11.5. The summed E-state index contributed by atoms with van der Waals surface area (Å²) in [6.45, 7) is 2.33. The number of ether oxygens (including phenoxy) is 3. The van der Waals surface area contributed by atoms with Crippen LogP contribution in [0.3, 0.4) is 0 Å². The maximum Gasteiger partial charge on any atom is 0.337 e. The zero-order chi connectivity index (χ0) is 11.1. The number of hydrogen-bond acceptors (Lipinski definition) is 4. The van der Waals surface area contributed by atoms with Crippen molar-refractivity contribution in [3.8, 4) is 11.5 Å². The molecule has 0 amide bonds. The molecule has 0 heterocycles. The highest BCUT2D eigenvalue weighted by molar-refractivity contribution is 5.74. The number of rotatable bonds is 5. The largest absolute Gasteiger partial charge is 0.490 e. The molecule has 0 aliphatic carbocycles. The number of methoxy groups -OCH3 is 1. The smallest absolute Gasteiger partial charge is 0.337 e. The van der Waals surface area contributed by atoms with Crippen LogP contribution in [0.1, 0.15) is 6.92 Å². The molecule has 0 aromatic heterocycles. The number of benzene rings is 1. The van der Waals surface area contributed by atoms with E-state index in [1.54, 1.807) is 18.2 Å². The molecule has 4 heteroatoms. The van der Waals surface area contributed by atoms with Gasteiger partial charge in [0.25, 0.3) is 0 Å². The third kappa shape index (κ3) is 3.59. The van der Waals surface area contributed by atoms with Crippen molar-refractivity contribution < 1.29 is 19.0 Å². The first-order valence-corrected chi connectivity index (χ1v) is 4.69. The molecule has 1 rings (SSSR count). The van der Waals surface area contributed by atoms with E-state index < -0.39 is 5.97 Å². The van der Waals surface area contributed by atoms with Crippen molar-refractivity contribution in [3.63, 3.8) is 0 Å². The monoisotopic (exact) mass is 210 g/mol. The zero-order valence-electron chi connectivity index (χ0n) is 8.86. The van der Waals surface area contributed by atoms with Gasteiger partial charge in [-0.15, -0.1) is 0 Å². The van der Waals surface area contributed by atoms with E-state index in [1.165, 1.54) is 7.11 Å². The standard InChI is InChI=1S/C11H14O4/c1-3-14-9-6-4-5-7-10(9)15-11(12)8-13-2/h4-7H,3,8H2,1-2H3. The van der Waals surface area contributed by atoms with Crippen LogP contribution in [0.25, 0.3) is 0 Å². The minimum absolute atomic E-state index is 0.0690. The average Bonchev–Trinajstić information content (AvgIpc) is 2.21. The van der Waals surface area contributed by atoms with Crippen molar-refractivity contribution in [1.29, 1.82) is 0 Å². The predicted octanol–water partition coefficient (Wildman–Crippen LogP) is 1.64. The number of hydrogen-bond donors (Lipinski definition) is 0. The van der Waals surface area contributed by atoms with Crippen LogP contribution in [0.2, 0.25) is 0 Å². The molecular formula is C11H14O4. The van der Waals surface area contributed by atoms with Gasteiger partial charge in [0.2, 0.25) is 0 Å². The van der Waals surface area contributed by atoms with Gasteiger partial charge in [-0.2, -0.15) is 0 Å². The van der Waals surface area contributed by atoms with Crippen LogP contribution in [0.15, 0.2) is 24.3 Å². The van der Waals surface area contributed by atoms with E-state index in [-0.39, 0.29) is 6.61 Å². The van der Waals surface area contributed by atoms with Gasteiger partial charge in [0.1, 0.15) is 6.61 Å². The van der Waals surface area contributed by atoms with Gasteiger partial charge in [-0.3, -0.25) is 0 Å². The molecule has 0 bridgehead atoms. The summed E-state index contributed by atoms with van der Waals surface area (Å²) in [5.41, 5.74) is 0. The van der Waals surface area contributed by atoms with Gasteiger partial charge in [0.05, 0.1) is 6.61 Å². The topological polar surface area (TPSA) is 44.8 Å². The van der Waals surface area contributed by atoms with Crippen molar-refractivity contribution >= 4 is 5.97 Å². The molecule has 0 aliphatic heterocycles. The maximum absolute atomic E-state index is 11.2. The number of para-hydroxylation sites is 2. The summed E-state index contributed by atoms with van der Waals surface area (Å²) in [6, 6.07) is 7.02. The Kier molecular flexibility index (Phi) is 4.63. The fraction of sp³-hybridized carbons (Fsp3) is 0.364. The molecule has 0 saturated heterocycles. The molecule has 0 spiro atoms. The van der Waals surface area contributed by atoms with E-state index in [9.17, 15) is 4.79 Å². The second kappa shape index (κ2) is 6.03. The Labute approximate surface area is 88.8 Å². The molecule has 4 nitrogen and oxygen atoms in total. The zero-order valence-corrected chi connectivity index (χ0v) is 8.86. The van der Waals surface area contributed by atoms with Gasteiger partial charge in [-0.05, 0) is 19.1 Å². The van der Waals surface area contributed by atoms with Crippen molar-refractivity contribution in [2.75, 3.05) is 20.3 Å². The van der Waals surface area contributed by atoms with E-state index in [0.29, 0.717) is 18.1 Å². The van der Waals surface area contributed by atoms with E-state index in [1.807, 2.05) is 13.0 Å². The van der Waals surface area contributed by atoms with E-state index in [2.05, 4.69) is 4.74 Å². The Morgan fingerprint density at radius 3 is 2.53 bits per heavy atom. The number of esters is 1. The van der Waals surface area contributed by atoms with Crippen molar-refractivity contribution in [3.05, 3.63) is 24.3 Å². The number of carbonyl (C=O) groups excluding carboxylic acids is 1. The van der Waals surface area contributed by atoms with Crippen LogP contribution in [0.4, 0.5) is 0 Å². The van der Waals surface area contributed by atoms with Gasteiger partial charge in [-0.1, -0.05) is 12.1 Å². The lowest BCUT2D eigenvalue weighted by atomic mass is 10.3. The molecule has 0 unspecified atom stereocenters. The van der Waals surface area contributed by atoms with Crippen LogP contribution in [0, 0.1) is 0 Å². The van der Waals surface area contributed by atoms with Crippen molar-refractivity contribution in [2.45, 2.75) is 6.92 Å². The Balaban J connectivity index is 2.70. The summed E-state index contributed by atoms with van der Waals surface area (Å²) in [4.78, 5) is 11.2. The van der Waals surface area contributed by atoms with Gasteiger partial charge in [0, 0.05) is 7.11 Å². The van der Waals surface area contributed by atoms with Crippen molar-refractivity contribution in [1.82, 2.24) is 0 Å². The minimum atomic E-state index is -0.440. The van der Waals surface area contributed by atoms with Crippen LogP contribution < -0.4 is 9.47 Å². The average molecular weight is 210 g/mol. The molecule has 0 atom stereocenters. The van der Waals surface area contributed by atoms with Crippen LogP contribution in [0.5, 0.6) is 11.5 Å². The second-order valence-electron chi connectivity index (χ2n) is 2.79. The third-order valence-corrected chi connectivity index (χ3v) is 1.63. The lowest BCUT2D eigenvalue weighted by molar-refractivity contribution is -0.138. The van der Waals surface area contributed by atoms with Crippen molar-refractivity contribution in [2.24, 2.45) is 0 Å². The highest BCUT2D eigenvalue weighted by Crippen LogP contribution is 2.26. The first-order valence-electron chi connectivity index (χ1n) is 4.69. The summed E-state index contributed by atoms with van der Waals surface area (Å²) in [5.74, 6) is 0.538. The quantitative estimate of drug-likeness (QED) is 0.547. The first-order chi connectivity index (χ1) is 7.27. The predicted molar refractivity (Wildman–Crippen MR) is 55.1 cm³/mol. The fourth-order valence-electron chi connectivity index (χ4n) is 1.08. The second-order valence-corrected chi connectivity index (χ2v) is 2.79. The Morgan fingerprint density at radius 1 is 1.27 bits per heavy atom. The third-order valence-electron chi connectivity index (χ3n) is 1.63. The molecule has 1 aromatic rings. The van der Waals surface area contributed by atoms with Crippen LogP contribution in [-0.2, 0) is 9.53 Å². The maximum atomic E-state index is 11.2. The summed E-state index contributed by atoms with van der Waals surface area (Å²) in [7, 11) is 1.44. The van der Waals surface area contributed by atoms with Crippen LogP contribution in [-0.4, -0.2) is 26.3 Å². The number of carbonyl (C=O) groups is 1. The molecule has 0 fully saturated rings. The Hall–Kier alpha value is -1.55. The molecule has 0 saturated carbocycles. The summed E-state index contributed by atoms with van der Waals surface area (Å²) in [5, 5.41) is 0. The van der Waals surface area contributed by atoms with Gasteiger partial charge < -0.3 is 14.2 Å². The minimum Gasteiger partial charge on any atom is -0.490 e. The lowest BCUT2D eigenvalue weighted by Crippen LogP contribution is -2.14. The SMILES string of the molecule is CCOc1ccccc1OC(=O)COC. The molecule has 0 N–H and O–H groups in total. The molecule has 0 aliphatic rings. The highest BCUT2D eigenvalue weighted by atomic mass is 16.6. The molecule has 82 valence electrons. The van der Waals surface area contributed by atoms with Gasteiger partial charge in [-0.25, -0.2) is 4.79 Å². The summed E-state index contributed by atoms with van der Waals surface area (Å²) >= 11 is 0. The molecular weight excluding hydrogens is 196 g/mol. The van der Waals surface area contributed by atoms with E-state index >= 15 is 0 Å². The van der Waals surface area contributed by atoms with E-state index in [4.69, 9.17) is 9.47 Å². The molecule has 1 aromatic carbocycles. The molecule has 0 radical (unpaired) electrons. The summed E-state index contributed by atoms with van der Waals surface area (Å²) < 4.78 is 15.0.